The lowest BCUT2D eigenvalue weighted by molar-refractivity contribution is 0.417. The number of benzene rings is 1. The van der Waals surface area contributed by atoms with Crippen LogP contribution in [0.3, 0.4) is 0 Å². The SMILES string of the molecule is Cc1ccccc1N1C(C)CNCC1CC#N. The van der Waals surface area contributed by atoms with Gasteiger partial charge in [0, 0.05) is 24.8 Å². The summed E-state index contributed by atoms with van der Waals surface area (Å²) in [6, 6.07) is 11.4. The first-order valence-corrected chi connectivity index (χ1v) is 6.15. The molecular formula is C14H19N3. The largest absolute Gasteiger partial charge is 0.362 e. The summed E-state index contributed by atoms with van der Waals surface area (Å²) in [4.78, 5) is 2.40. The smallest absolute Gasteiger partial charge is 0.0643 e. The van der Waals surface area contributed by atoms with Crippen LogP contribution in [0.5, 0.6) is 0 Å². The highest BCUT2D eigenvalue weighted by Crippen LogP contribution is 2.26. The van der Waals surface area contributed by atoms with E-state index < -0.39 is 0 Å². The van der Waals surface area contributed by atoms with E-state index in [9.17, 15) is 0 Å². The molecule has 1 saturated heterocycles. The minimum Gasteiger partial charge on any atom is -0.362 e. The number of nitrogens with one attached hydrogen (secondary N) is 1. The maximum absolute atomic E-state index is 8.93. The summed E-state index contributed by atoms with van der Waals surface area (Å²) in [7, 11) is 0. The summed E-state index contributed by atoms with van der Waals surface area (Å²) in [5.74, 6) is 0. The van der Waals surface area contributed by atoms with E-state index in [0.717, 1.165) is 13.1 Å². The number of aryl methyl sites for hydroxylation is 1. The molecule has 2 unspecified atom stereocenters. The van der Waals surface area contributed by atoms with E-state index in [1.807, 2.05) is 0 Å². The number of para-hydroxylation sites is 1. The van der Waals surface area contributed by atoms with Gasteiger partial charge in [0.1, 0.15) is 0 Å². The van der Waals surface area contributed by atoms with Gasteiger partial charge in [-0.25, -0.2) is 0 Å². The molecule has 0 saturated carbocycles. The van der Waals surface area contributed by atoms with Crippen molar-refractivity contribution in [2.24, 2.45) is 0 Å². The fourth-order valence-electron chi connectivity index (χ4n) is 2.58. The number of piperazine rings is 1. The molecule has 1 N–H and O–H groups in total. The zero-order valence-corrected chi connectivity index (χ0v) is 10.5. The van der Waals surface area contributed by atoms with Crippen molar-refractivity contribution in [1.82, 2.24) is 5.32 Å². The fraction of sp³-hybridized carbons (Fsp3) is 0.500. The number of nitriles is 1. The molecule has 2 atom stereocenters. The molecule has 0 bridgehead atoms. The maximum atomic E-state index is 8.93. The molecule has 1 aromatic rings. The van der Waals surface area contributed by atoms with Gasteiger partial charge in [-0.1, -0.05) is 18.2 Å². The Balaban J connectivity index is 2.32. The molecule has 2 rings (SSSR count). The summed E-state index contributed by atoms with van der Waals surface area (Å²) in [6.45, 7) is 6.22. The molecule has 1 fully saturated rings. The van der Waals surface area contributed by atoms with Crippen LogP contribution in [0.15, 0.2) is 24.3 Å². The van der Waals surface area contributed by atoms with Gasteiger partial charge < -0.3 is 10.2 Å². The van der Waals surface area contributed by atoms with Crippen LogP contribution in [0.1, 0.15) is 18.9 Å². The molecular weight excluding hydrogens is 210 g/mol. The Kier molecular flexibility index (Phi) is 3.65. The first-order chi connectivity index (χ1) is 8.24. The normalized spacial score (nSPS) is 24.4. The Morgan fingerprint density at radius 1 is 1.41 bits per heavy atom. The second kappa shape index (κ2) is 5.20. The van der Waals surface area contributed by atoms with Crippen LogP contribution in [0.4, 0.5) is 5.69 Å². The van der Waals surface area contributed by atoms with Crippen molar-refractivity contribution in [3.05, 3.63) is 29.8 Å². The molecule has 0 amide bonds. The fourth-order valence-corrected chi connectivity index (χ4v) is 2.58. The summed E-state index contributed by atoms with van der Waals surface area (Å²) in [5, 5.41) is 12.3. The predicted octanol–water partition coefficient (Wildman–Crippen LogP) is 2.08. The van der Waals surface area contributed by atoms with Gasteiger partial charge >= 0.3 is 0 Å². The highest BCUT2D eigenvalue weighted by atomic mass is 15.2. The van der Waals surface area contributed by atoms with Crippen LogP contribution in [-0.2, 0) is 0 Å². The Morgan fingerprint density at radius 3 is 2.88 bits per heavy atom. The van der Waals surface area contributed by atoms with E-state index in [0.29, 0.717) is 12.5 Å². The van der Waals surface area contributed by atoms with Crippen LogP contribution in [0, 0.1) is 18.3 Å². The van der Waals surface area contributed by atoms with Crippen molar-refractivity contribution in [2.75, 3.05) is 18.0 Å². The van der Waals surface area contributed by atoms with Gasteiger partial charge in [-0.2, -0.15) is 5.26 Å². The molecule has 1 heterocycles. The standard InChI is InChI=1S/C14H19N3/c1-11-5-3-4-6-14(11)17-12(2)9-16-10-13(17)7-8-15/h3-6,12-13,16H,7,9-10H2,1-2H3. The van der Waals surface area contributed by atoms with Gasteiger partial charge in [0.25, 0.3) is 0 Å². The number of nitrogens with zero attached hydrogens (tertiary/aromatic N) is 2. The van der Waals surface area contributed by atoms with Crippen LogP contribution < -0.4 is 10.2 Å². The van der Waals surface area contributed by atoms with E-state index in [-0.39, 0.29) is 6.04 Å². The maximum Gasteiger partial charge on any atom is 0.0643 e. The number of hydrogen-bond donors (Lipinski definition) is 1. The molecule has 3 nitrogen and oxygen atoms in total. The molecule has 0 spiro atoms. The van der Waals surface area contributed by atoms with Gasteiger partial charge in [0.15, 0.2) is 0 Å². The zero-order valence-electron chi connectivity index (χ0n) is 10.5. The average Bonchev–Trinajstić information content (AvgIpc) is 2.31. The molecule has 0 radical (unpaired) electrons. The second-order valence-electron chi connectivity index (χ2n) is 4.72. The highest BCUT2D eigenvalue weighted by molar-refractivity contribution is 5.55. The van der Waals surface area contributed by atoms with Gasteiger partial charge in [-0.3, -0.25) is 0 Å². The van der Waals surface area contributed by atoms with Crippen LogP contribution in [0.25, 0.3) is 0 Å². The third-order valence-electron chi connectivity index (χ3n) is 3.41. The average molecular weight is 229 g/mol. The number of hydrogen-bond acceptors (Lipinski definition) is 3. The number of anilines is 1. The minimum atomic E-state index is 0.282. The molecule has 3 heteroatoms. The number of rotatable bonds is 2. The van der Waals surface area contributed by atoms with E-state index in [4.69, 9.17) is 5.26 Å². The summed E-state index contributed by atoms with van der Waals surface area (Å²) in [6.07, 6.45) is 0.575. The van der Waals surface area contributed by atoms with Crippen LogP contribution in [0.2, 0.25) is 0 Å². The highest BCUT2D eigenvalue weighted by Gasteiger charge is 2.28. The topological polar surface area (TPSA) is 39.1 Å². The van der Waals surface area contributed by atoms with E-state index >= 15 is 0 Å². The van der Waals surface area contributed by atoms with Crippen LogP contribution in [-0.4, -0.2) is 25.2 Å². The lowest BCUT2D eigenvalue weighted by atomic mass is 10.0. The van der Waals surface area contributed by atoms with Crippen molar-refractivity contribution >= 4 is 5.69 Å². The molecule has 1 aliphatic rings. The Labute approximate surface area is 103 Å². The van der Waals surface area contributed by atoms with Crippen molar-refractivity contribution in [3.8, 4) is 6.07 Å². The lowest BCUT2D eigenvalue weighted by Crippen LogP contribution is -2.56. The predicted molar refractivity (Wildman–Crippen MR) is 70.0 cm³/mol. The molecule has 1 aliphatic heterocycles. The summed E-state index contributed by atoms with van der Waals surface area (Å²) >= 11 is 0. The van der Waals surface area contributed by atoms with Gasteiger partial charge in [0.05, 0.1) is 18.5 Å². The van der Waals surface area contributed by atoms with Crippen LogP contribution >= 0.6 is 0 Å². The Hall–Kier alpha value is -1.53. The third kappa shape index (κ3) is 2.42. The quantitative estimate of drug-likeness (QED) is 0.844. The monoisotopic (exact) mass is 229 g/mol. The lowest BCUT2D eigenvalue weighted by Gasteiger charge is -2.42. The van der Waals surface area contributed by atoms with Crippen molar-refractivity contribution < 1.29 is 0 Å². The Bertz CT molecular complexity index is 422. The molecule has 90 valence electrons. The molecule has 0 aliphatic carbocycles. The van der Waals surface area contributed by atoms with E-state index in [1.165, 1.54) is 11.3 Å². The zero-order chi connectivity index (χ0) is 12.3. The molecule has 17 heavy (non-hydrogen) atoms. The van der Waals surface area contributed by atoms with E-state index in [2.05, 4.69) is 54.4 Å². The van der Waals surface area contributed by atoms with Crippen molar-refractivity contribution in [3.63, 3.8) is 0 Å². The van der Waals surface area contributed by atoms with Crippen molar-refractivity contribution in [1.29, 1.82) is 5.26 Å². The summed E-state index contributed by atoms with van der Waals surface area (Å²) < 4.78 is 0. The first-order valence-electron chi connectivity index (χ1n) is 6.15. The second-order valence-corrected chi connectivity index (χ2v) is 4.72. The minimum absolute atomic E-state index is 0.282. The summed E-state index contributed by atoms with van der Waals surface area (Å²) in [5.41, 5.74) is 2.55. The van der Waals surface area contributed by atoms with Gasteiger partial charge in [-0.05, 0) is 25.5 Å². The molecule has 0 aromatic heterocycles. The first kappa shape index (κ1) is 11.9. The van der Waals surface area contributed by atoms with Crippen molar-refractivity contribution in [2.45, 2.75) is 32.4 Å². The molecule has 1 aromatic carbocycles. The Morgan fingerprint density at radius 2 is 2.18 bits per heavy atom. The van der Waals surface area contributed by atoms with E-state index in [1.54, 1.807) is 0 Å². The van der Waals surface area contributed by atoms with Gasteiger partial charge in [-0.15, -0.1) is 0 Å². The third-order valence-corrected chi connectivity index (χ3v) is 3.41. The van der Waals surface area contributed by atoms with Gasteiger partial charge in [0.2, 0.25) is 0 Å².